The molecule has 2 aromatic rings. The molecule has 0 radical (unpaired) electrons. The molecule has 0 aliphatic rings. The van der Waals surface area contributed by atoms with Crippen LogP contribution in [0.15, 0.2) is 12.1 Å². The van der Waals surface area contributed by atoms with Gasteiger partial charge in [-0.05, 0) is 62.4 Å². The number of aryl methyl sites for hydroxylation is 4. The maximum Gasteiger partial charge on any atom is 0.234 e. The van der Waals surface area contributed by atoms with Crippen LogP contribution in [0.25, 0.3) is 5.95 Å². The summed E-state index contributed by atoms with van der Waals surface area (Å²) in [4.78, 5) is 9.08. The van der Waals surface area contributed by atoms with Crippen LogP contribution in [0.2, 0.25) is 0 Å². The van der Waals surface area contributed by atoms with E-state index in [9.17, 15) is 0 Å². The third-order valence-corrected chi connectivity index (χ3v) is 4.20. The second-order valence-electron chi connectivity index (χ2n) is 3.96. The SMILES string of the molecule is Cc1nc(-n2c(C)ccc2C)nc(C)c1I. The van der Waals surface area contributed by atoms with Gasteiger partial charge in [-0.3, -0.25) is 4.57 Å². The number of rotatable bonds is 1. The molecule has 2 heterocycles. The predicted octanol–water partition coefficient (Wildman–Crippen LogP) is 3.11. The lowest BCUT2D eigenvalue weighted by molar-refractivity contribution is 0.845. The molecule has 0 aromatic carbocycles. The molecule has 0 bridgehead atoms. The van der Waals surface area contributed by atoms with Gasteiger partial charge in [-0.2, -0.15) is 0 Å². The highest BCUT2D eigenvalue weighted by molar-refractivity contribution is 14.1. The normalized spacial score (nSPS) is 10.8. The monoisotopic (exact) mass is 327 g/mol. The van der Waals surface area contributed by atoms with Gasteiger partial charge in [0, 0.05) is 11.4 Å². The molecule has 0 aliphatic heterocycles. The van der Waals surface area contributed by atoms with Gasteiger partial charge in [-0.1, -0.05) is 0 Å². The maximum absolute atomic E-state index is 4.54. The topological polar surface area (TPSA) is 30.7 Å². The van der Waals surface area contributed by atoms with E-state index >= 15 is 0 Å². The van der Waals surface area contributed by atoms with Gasteiger partial charge in [-0.25, -0.2) is 9.97 Å². The summed E-state index contributed by atoms with van der Waals surface area (Å²) >= 11 is 2.29. The van der Waals surface area contributed by atoms with E-state index in [1.807, 2.05) is 13.8 Å². The van der Waals surface area contributed by atoms with Gasteiger partial charge in [0.25, 0.3) is 0 Å². The van der Waals surface area contributed by atoms with Crippen LogP contribution < -0.4 is 0 Å². The maximum atomic E-state index is 4.54. The highest BCUT2D eigenvalue weighted by atomic mass is 127. The highest BCUT2D eigenvalue weighted by Gasteiger charge is 2.10. The minimum atomic E-state index is 0.774. The first kappa shape index (κ1) is 11.6. The first-order valence-electron chi connectivity index (χ1n) is 5.16. The molecule has 0 saturated carbocycles. The Balaban J connectivity index is 2.66. The van der Waals surface area contributed by atoms with E-state index in [0.717, 1.165) is 32.3 Å². The fourth-order valence-electron chi connectivity index (χ4n) is 1.77. The van der Waals surface area contributed by atoms with E-state index in [2.05, 4.69) is 63.1 Å². The quantitative estimate of drug-likeness (QED) is 0.754. The lowest BCUT2D eigenvalue weighted by atomic mass is 10.3. The lowest BCUT2D eigenvalue weighted by Gasteiger charge is -2.10. The highest BCUT2D eigenvalue weighted by Crippen LogP contribution is 2.17. The Hall–Kier alpha value is -0.910. The zero-order valence-electron chi connectivity index (χ0n) is 9.87. The van der Waals surface area contributed by atoms with E-state index in [1.165, 1.54) is 0 Å². The minimum absolute atomic E-state index is 0.774. The van der Waals surface area contributed by atoms with Crippen LogP contribution in [-0.4, -0.2) is 14.5 Å². The van der Waals surface area contributed by atoms with Crippen LogP contribution in [0, 0.1) is 31.3 Å². The zero-order valence-corrected chi connectivity index (χ0v) is 12.0. The minimum Gasteiger partial charge on any atom is -0.287 e. The van der Waals surface area contributed by atoms with Crippen molar-refractivity contribution in [1.82, 2.24) is 14.5 Å². The molecule has 4 heteroatoms. The van der Waals surface area contributed by atoms with Crippen LogP contribution in [0.4, 0.5) is 0 Å². The van der Waals surface area contributed by atoms with Crippen molar-refractivity contribution >= 4 is 22.6 Å². The van der Waals surface area contributed by atoms with Crippen LogP contribution in [-0.2, 0) is 0 Å². The van der Waals surface area contributed by atoms with Crippen molar-refractivity contribution in [3.8, 4) is 5.95 Å². The summed E-state index contributed by atoms with van der Waals surface area (Å²) in [5.41, 5.74) is 4.40. The third-order valence-electron chi connectivity index (χ3n) is 2.64. The molecule has 0 spiro atoms. The molecule has 0 fully saturated rings. The molecule has 0 amide bonds. The van der Waals surface area contributed by atoms with Gasteiger partial charge in [0.05, 0.1) is 15.0 Å². The van der Waals surface area contributed by atoms with Crippen molar-refractivity contribution in [2.75, 3.05) is 0 Å². The van der Waals surface area contributed by atoms with Gasteiger partial charge < -0.3 is 0 Å². The molecule has 3 nitrogen and oxygen atoms in total. The summed E-state index contributed by atoms with van der Waals surface area (Å²) in [6.45, 7) is 8.18. The van der Waals surface area contributed by atoms with Gasteiger partial charge in [0.15, 0.2) is 0 Å². The Kier molecular flexibility index (Phi) is 3.01. The second kappa shape index (κ2) is 4.16. The third kappa shape index (κ3) is 1.86. The first-order valence-corrected chi connectivity index (χ1v) is 6.24. The summed E-state index contributed by atoms with van der Waals surface area (Å²) in [6.07, 6.45) is 0. The summed E-state index contributed by atoms with van der Waals surface area (Å²) in [5.74, 6) is 0.774. The zero-order chi connectivity index (χ0) is 11.9. The van der Waals surface area contributed by atoms with Crippen LogP contribution in [0.5, 0.6) is 0 Å². The number of halogens is 1. The van der Waals surface area contributed by atoms with Crippen LogP contribution >= 0.6 is 22.6 Å². The molecule has 0 saturated heterocycles. The van der Waals surface area contributed by atoms with Crippen molar-refractivity contribution < 1.29 is 0 Å². The molecule has 16 heavy (non-hydrogen) atoms. The van der Waals surface area contributed by atoms with Gasteiger partial charge in [0.2, 0.25) is 5.95 Å². The van der Waals surface area contributed by atoms with Crippen LogP contribution in [0.3, 0.4) is 0 Å². The first-order chi connectivity index (χ1) is 7.50. The van der Waals surface area contributed by atoms with E-state index in [-0.39, 0.29) is 0 Å². The molecule has 0 atom stereocenters. The number of hydrogen-bond donors (Lipinski definition) is 0. The molecule has 0 N–H and O–H groups in total. The Morgan fingerprint density at radius 2 is 1.38 bits per heavy atom. The van der Waals surface area contributed by atoms with E-state index in [1.54, 1.807) is 0 Å². The Bertz CT molecular complexity index is 501. The fraction of sp³-hybridized carbons (Fsp3) is 0.333. The molecule has 84 valence electrons. The lowest BCUT2D eigenvalue weighted by Crippen LogP contribution is -2.08. The van der Waals surface area contributed by atoms with Crippen molar-refractivity contribution in [1.29, 1.82) is 0 Å². The summed E-state index contributed by atoms with van der Waals surface area (Å²) in [6, 6.07) is 4.17. The van der Waals surface area contributed by atoms with Gasteiger partial charge in [0.1, 0.15) is 0 Å². The molecule has 2 rings (SSSR count). The van der Waals surface area contributed by atoms with Crippen molar-refractivity contribution in [2.24, 2.45) is 0 Å². The average molecular weight is 327 g/mol. The largest absolute Gasteiger partial charge is 0.287 e. The predicted molar refractivity (Wildman–Crippen MR) is 73.0 cm³/mol. The fourth-order valence-corrected chi connectivity index (χ4v) is 2.01. The summed E-state index contributed by atoms with van der Waals surface area (Å²) < 4.78 is 3.22. The summed E-state index contributed by atoms with van der Waals surface area (Å²) in [5, 5.41) is 0. The van der Waals surface area contributed by atoms with E-state index < -0.39 is 0 Å². The van der Waals surface area contributed by atoms with E-state index in [0.29, 0.717) is 0 Å². The Morgan fingerprint density at radius 3 is 1.81 bits per heavy atom. The molecule has 2 aromatic heterocycles. The smallest absolute Gasteiger partial charge is 0.234 e. The standard InChI is InChI=1S/C12H14IN3/c1-7-5-6-8(2)16(7)12-14-9(3)11(13)10(4)15-12/h5-6H,1-4H3. The van der Waals surface area contributed by atoms with Crippen molar-refractivity contribution in [3.05, 3.63) is 38.5 Å². The van der Waals surface area contributed by atoms with Crippen LogP contribution in [0.1, 0.15) is 22.8 Å². The van der Waals surface area contributed by atoms with Crippen molar-refractivity contribution in [2.45, 2.75) is 27.7 Å². The van der Waals surface area contributed by atoms with E-state index in [4.69, 9.17) is 0 Å². The van der Waals surface area contributed by atoms with Crippen molar-refractivity contribution in [3.63, 3.8) is 0 Å². The molecular formula is C12H14IN3. The Labute approximate surface area is 109 Å². The second-order valence-corrected chi connectivity index (χ2v) is 5.04. The van der Waals surface area contributed by atoms with Gasteiger partial charge >= 0.3 is 0 Å². The summed E-state index contributed by atoms with van der Waals surface area (Å²) in [7, 11) is 0. The number of hydrogen-bond acceptors (Lipinski definition) is 2. The Morgan fingerprint density at radius 1 is 0.938 bits per heavy atom. The number of nitrogens with zero attached hydrogens (tertiary/aromatic N) is 3. The molecular weight excluding hydrogens is 313 g/mol. The molecule has 0 aliphatic carbocycles. The molecule has 0 unspecified atom stereocenters. The van der Waals surface area contributed by atoms with Gasteiger partial charge in [-0.15, -0.1) is 0 Å². The average Bonchev–Trinajstić information content (AvgIpc) is 2.54. The number of aromatic nitrogens is 3.